The first-order chi connectivity index (χ1) is 12.4. The molecule has 0 radical (unpaired) electrons. The van der Waals surface area contributed by atoms with Crippen molar-refractivity contribution in [3.05, 3.63) is 33.8 Å². The molecule has 1 fully saturated rings. The molecule has 0 unspecified atom stereocenters. The maximum atomic E-state index is 12.6. The topological polar surface area (TPSA) is 63.7 Å². The summed E-state index contributed by atoms with van der Waals surface area (Å²) >= 11 is 13.3. The van der Waals surface area contributed by atoms with Gasteiger partial charge in [-0.2, -0.15) is 0 Å². The number of benzene rings is 1. The fraction of sp³-hybridized carbons (Fsp3) is 0.500. The van der Waals surface area contributed by atoms with Crippen LogP contribution in [0.25, 0.3) is 0 Å². The summed E-state index contributed by atoms with van der Waals surface area (Å²) in [5, 5.41) is 0.795. The van der Waals surface area contributed by atoms with Crippen LogP contribution in [-0.4, -0.2) is 54.3 Å². The summed E-state index contributed by atoms with van der Waals surface area (Å²) in [6, 6.07) is 4.91. The molecule has 0 aromatic heterocycles. The molecule has 1 heterocycles. The van der Waals surface area contributed by atoms with Gasteiger partial charge in [0.1, 0.15) is 0 Å². The Bertz CT molecular complexity index is 675. The number of hydrogen-bond acceptors (Lipinski definition) is 5. The number of halogens is 2. The second kappa shape index (κ2) is 10.2. The van der Waals surface area contributed by atoms with Gasteiger partial charge < -0.3 is 9.64 Å². The van der Waals surface area contributed by atoms with Crippen LogP contribution in [0, 0.1) is 5.92 Å². The molecule has 1 aliphatic rings. The zero-order chi connectivity index (χ0) is 19.1. The number of likely N-dealkylation sites (tertiary alicyclic amines) is 1. The fourth-order valence-electron chi connectivity index (χ4n) is 2.81. The molecule has 0 aliphatic carbocycles. The second-order valence-electron chi connectivity index (χ2n) is 6.03. The Balaban J connectivity index is 1.77. The molecule has 0 spiro atoms. The summed E-state index contributed by atoms with van der Waals surface area (Å²) in [5.74, 6) is 0.543. The van der Waals surface area contributed by atoms with E-state index >= 15 is 0 Å². The highest BCUT2D eigenvalue weighted by atomic mass is 35.5. The molecular weight excluding hydrogens is 397 g/mol. The number of amides is 1. The molecule has 1 aliphatic heterocycles. The second-order valence-corrected chi connectivity index (χ2v) is 7.95. The number of rotatable bonds is 7. The van der Waals surface area contributed by atoms with E-state index in [0.29, 0.717) is 53.7 Å². The quantitative estimate of drug-likeness (QED) is 0.384. The van der Waals surface area contributed by atoms with Crippen molar-refractivity contribution in [2.24, 2.45) is 5.92 Å². The Hall–Kier alpha value is -1.24. The first kappa shape index (κ1) is 21.1. The number of methoxy groups -OCH3 is 1. The van der Waals surface area contributed by atoms with Crippen molar-refractivity contribution in [2.45, 2.75) is 19.3 Å². The van der Waals surface area contributed by atoms with Gasteiger partial charge >= 0.3 is 5.97 Å². The summed E-state index contributed by atoms with van der Waals surface area (Å²) < 4.78 is 4.56. The minimum absolute atomic E-state index is 0.0456. The number of Topliss-reactive ketones (excluding diaryl/α,β-unsaturated/α-hetero) is 1. The number of ether oxygens (including phenoxy) is 1. The number of ketones is 1. The van der Waals surface area contributed by atoms with Crippen LogP contribution in [0.1, 0.15) is 29.6 Å². The molecule has 0 atom stereocenters. The van der Waals surface area contributed by atoms with E-state index in [0.717, 1.165) is 0 Å². The van der Waals surface area contributed by atoms with E-state index in [-0.39, 0.29) is 29.3 Å². The van der Waals surface area contributed by atoms with E-state index in [1.54, 1.807) is 23.1 Å². The highest BCUT2D eigenvalue weighted by molar-refractivity contribution is 7.99. The first-order valence-corrected chi connectivity index (χ1v) is 10.2. The largest absolute Gasteiger partial charge is 0.468 e. The lowest BCUT2D eigenvalue weighted by Crippen LogP contribution is -2.40. The zero-order valence-corrected chi connectivity index (χ0v) is 16.8. The van der Waals surface area contributed by atoms with Crippen LogP contribution in [0.15, 0.2) is 18.2 Å². The van der Waals surface area contributed by atoms with Crippen molar-refractivity contribution >= 4 is 52.6 Å². The standard InChI is InChI=1S/C18H21Cl2NO4S/c1-25-17(23)11-26-9-6-16(22)21-7-4-12(5-8-21)18(24)13-2-3-14(19)15(20)10-13/h2-3,10,12H,4-9,11H2,1H3. The third kappa shape index (κ3) is 5.89. The molecule has 1 aromatic rings. The first-order valence-electron chi connectivity index (χ1n) is 8.34. The minimum Gasteiger partial charge on any atom is -0.468 e. The molecule has 1 amide bonds. The summed E-state index contributed by atoms with van der Waals surface area (Å²) in [4.78, 5) is 37.6. The lowest BCUT2D eigenvalue weighted by Gasteiger charge is -2.31. The molecule has 8 heteroatoms. The number of hydrogen-bond donors (Lipinski definition) is 0. The van der Waals surface area contributed by atoms with Gasteiger partial charge in [0, 0.05) is 36.7 Å². The molecule has 142 valence electrons. The summed E-state index contributed by atoms with van der Waals surface area (Å²) in [6.45, 7) is 1.14. The van der Waals surface area contributed by atoms with E-state index in [2.05, 4.69) is 4.74 Å². The third-order valence-electron chi connectivity index (χ3n) is 4.33. The number of piperidine rings is 1. The van der Waals surface area contributed by atoms with Crippen LogP contribution in [-0.2, 0) is 14.3 Å². The average Bonchev–Trinajstić information content (AvgIpc) is 2.66. The Kier molecular flexibility index (Phi) is 8.25. The molecule has 0 saturated carbocycles. The molecule has 5 nitrogen and oxygen atoms in total. The van der Waals surface area contributed by atoms with Crippen molar-refractivity contribution < 1.29 is 19.1 Å². The van der Waals surface area contributed by atoms with Gasteiger partial charge in [-0.15, -0.1) is 11.8 Å². The lowest BCUT2D eigenvalue weighted by molar-refractivity contribution is -0.137. The van der Waals surface area contributed by atoms with Gasteiger partial charge in [-0.05, 0) is 31.0 Å². The van der Waals surface area contributed by atoms with Crippen LogP contribution in [0.3, 0.4) is 0 Å². The predicted molar refractivity (Wildman–Crippen MR) is 104 cm³/mol. The van der Waals surface area contributed by atoms with Crippen LogP contribution >= 0.6 is 35.0 Å². The van der Waals surface area contributed by atoms with Gasteiger partial charge in [-0.3, -0.25) is 14.4 Å². The molecule has 26 heavy (non-hydrogen) atoms. The number of carbonyl (C=O) groups is 3. The highest BCUT2D eigenvalue weighted by Gasteiger charge is 2.28. The number of esters is 1. The van der Waals surface area contributed by atoms with E-state index < -0.39 is 0 Å². The Morgan fingerprint density at radius 1 is 1.19 bits per heavy atom. The minimum atomic E-state index is -0.288. The van der Waals surface area contributed by atoms with Gasteiger partial charge in [-0.25, -0.2) is 0 Å². The van der Waals surface area contributed by atoms with Crippen LogP contribution in [0.2, 0.25) is 10.0 Å². The predicted octanol–water partition coefficient (Wildman–Crippen LogP) is 3.71. The third-order valence-corrected chi connectivity index (χ3v) is 6.00. The number of carbonyl (C=O) groups excluding carboxylic acids is 3. The van der Waals surface area contributed by atoms with Gasteiger partial charge in [0.2, 0.25) is 5.91 Å². The molecule has 2 rings (SSSR count). The molecule has 0 bridgehead atoms. The van der Waals surface area contributed by atoms with Gasteiger partial charge in [-0.1, -0.05) is 23.2 Å². The highest BCUT2D eigenvalue weighted by Crippen LogP contribution is 2.27. The lowest BCUT2D eigenvalue weighted by atomic mass is 9.89. The Morgan fingerprint density at radius 3 is 2.50 bits per heavy atom. The zero-order valence-electron chi connectivity index (χ0n) is 14.5. The Morgan fingerprint density at radius 2 is 1.88 bits per heavy atom. The molecular formula is C18H21Cl2NO4S. The van der Waals surface area contributed by atoms with Gasteiger partial charge in [0.05, 0.1) is 22.9 Å². The van der Waals surface area contributed by atoms with Crippen molar-refractivity contribution in [2.75, 3.05) is 31.7 Å². The molecule has 1 saturated heterocycles. The van der Waals surface area contributed by atoms with Crippen LogP contribution < -0.4 is 0 Å². The monoisotopic (exact) mass is 417 g/mol. The summed E-state index contributed by atoms with van der Waals surface area (Å²) in [5.41, 5.74) is 0.559. The number of thioether (sulfide) groups is 1. The smallest absolute Gasteiger partial charge is 0.315 e. The van der Waals surface area contributed by atoms with E-state index in [1.165, 1.54) is 18.9 Å². The Labute approximate surface area is 167 Å². The van der Waals surface area contributed by atoms with Crippen LogP contribution in [0.4, 0.5) is 0 Å². The SMILES string of the molecule is COC(=O)CSCCC(=O)N1CCC(C(=O)c2ccc(Cl)c(Cl)c2)CC1. The van der Waals surface area contributed by atoms with Crippen molar-refractivity contribution in [3.8, 4) is 0 Å². The number of nitrogens with zero attached hydrogens (tertiary/aromatic N) is 1. The van der Waals surface area contributed by atoms with Crippen molar-refractivity contribution in [3.63, 3.8) is 0 Å². The molecule has 1 aromatic carbocycles. The summed E-state index contributed by atoms with van der Waals surface area (Å²) in [7, 11) is 1.34. The average molecular weight is 418 g/mol. The van der Waals surface area contributed by atoms with E-state index in [4.69, 9.17) is 23.2 Å². The summed E-state index contributed by atoms with van der Waals surface area (Å²) in [6.07, 6.45) is 1.66. The van der Waals surface area contributed by atoms with Gasteiger partial charge in [0.15, 0.2) is 5.78 Å². The van der Waals surface area contributed by atoms with E-state index in [9.17, 15) is 14.4 Å². The molecule has 0 N–H and O–H groups in total. The van der Waals surface area contributed by atoms with Gasteiger partial charge in [0.25, 0.3) is 0 Å². The normalized spacial score (nSPS) is 15.0. The maximum absolute atomic E-state index is 12.6. The van der Waals surface area contributed by atoms with Crippen molar-refractivity contribution in [1.82, 2.24) is 4.90 Å². The maximum Gasteiger partial charge on any atom is 0.315 e. The van der Waals surface area contributed by atoms with E-state index in [1.807, 2.05) is 0 Å². The van der Waals surface area contributed by atoms with Crippen molar-refractivity contribution in [1.29, 1.82) is 0 Å². The van der Waals surface area contributed by atoms with Crippen LogP contribution in [0.5, 0.6) is 0 Å². The fourth-order valence-corrected chi connectivity index (χ4v) is 3.85.